The fourth-order valence-electron chi connectivity index (χ4n) is 2.12. The number of aryl methyl sites for hydroxylation is 1. The molecular formula is C16H27N3. The molecule has 106 valence electrons. The molecule has 0 saturated heterocycles. The lowest BCUT2D eigenvalue weighted by Gasteiger charge is -2.22. The summed E-state index contributed by atoms with van der Waals surface area (Å²) in [5, 5.41) is 3.44. The van der Waals surface area contributed by atoms with Crippen LogP contribution < -0.4 is 10.2 Å². The van der Waals surface area contributed by atoms with Crippen molar-refractivity contribution in [3.63, 3.8) is 0 Å². The minimum atomic E-state index is 0.853. The molecule has 19 heavy (non-hydrogen) atoms. The summed E-state index contributed by atoms with van der Waals surface area (Å²) < 4.78 is 0. The highest BCUT2D eigenvalue weighted by Gasteiger charge is 2.07. The van der Waals surface area contributed by atoms with Crippen LogP contribution in [0, 0.1) is 6.92 Å². The van der Waals surface area contributed by atoms with Gasteiger partial charge in [0.15, 0.2) is 0 Å². The molecule has 0 unspecified atom stereocenters. The Hall–Kier alpha value is -1.35. The van der Waals surface area contributed by atoms with Crippen molar-refractivity contribution in [2.45, 2.75) is 40.2 Å². The molecule has 0 aliphatic rings. The van der Waals surface area contributed by atoms with E-state index in [0.717, 1.165) is 50.5 Å². The number of nitrogens with one attached hydrogen (secondary N) is 1. The Balaban J connectivity index is 2.83. The Labute approximate surface area is 117 Å². The molecule has 1 heterocycles. The van der Waals surface area contributed by atoms with Gasteiger partial charge in [-0.1, -0.05) is 19.9 Å². The van der Waals surface area contributed by atoms with Crippen LogP contribution in [0.3, 0.4) is 0 Å². The third-order valence-corrected chi connectivity index (χ3v) is 2.92. The van der Waals surface area contributed by atoms with Gasteiger partial charge in [-0.2, -0.15) is 0 Å². The Kier molecular flexibility index (Phi) is 7.19. The predicted molar refractivity (Wildman–Crippen MR) is 83.7 cm³/mol. The summed E-state index contributed by atoms with van der Waals surface area (Å²) in [5.74, 6) is 1.06. The topological polar surface area (TPSA) is 28.2 Å². The Morgan fingerprint density at radius 3 is 2.74 bits per heavy atom. The average Bonchev–Trinajstić information content (AvgIpc) is 2.38. The quantitative estimate of drug-likeness (QED) is 0.546. The van der Waals surface area contributed by atoms with E-state index in [2.05, 4.69) is 54.7 Å². The molecular weight excluding hydrogens is 234 g/mol. The Morgan fingerprint density at radius 1 is 1.32 bits per heavy atom. The zero-order chi connectivity index (χ0) is 14.1. The van der Waals surface area contributed by atoms with Crippen molar-refractivity contribution in [1.82, 2.24) is 10.3 Å². The molecule has 3 heteroatoms. The second-order valence-corrected chi connectivity index (χ2v) is 4.89. The molecule has 0 aromatic carbocycles. The van der Waals surface area contributed by atoms with Crippen LogP contribution >= 0.6 is 0 Å². The molecule has 1 rings (SSSR count). The van der Waals surface area contributed by atoms with E-state index < -0.39 is 0 Å². The molecule has 0 radical (unpaired) electrons. The van der Waals surface area contributed by atoms with Gasteiger partial charge >= 0.3 is 0 Å². The van der Waals surface area contributed by atoms with Crippen molar-refractivity contribution < 1.29 is 0 Å². The average molecular weight is 261 g/mol. The molecule has 0 amide bonds. The number of anilines is 1. The van der Waals surface area contributed by atoms with Crippen LogP contribution in [-0.4, -0.2) is 24.6 Å². The second-order valence-electron chi connectivity index (χ2n) is 4.89. The summed E-state index contributed by atoms with van der Waals surface area (Å²) in [6, 6.07) is 4.35. The number of nitrogens with zero attached hydrogens (tertiary/aromatic N) is 2. The first kappa shape index (κ1) is 15.7. The van der Waals surface area contributed by atoms with Crippen LogP contribution in [0.15, 0.2) is 24.8 Å². The van der Waals surface area contributed by atoms with Crippen molar-refractivity contribution in [1.29, 1.82) is 0 Å². The third-order valence-electron chi connectivity index (χ3n) is 2.92. The normalized spacial score (nSPS) is 10.5. The van der Waals surface area contributed by atoms with Gasteiger partial charge < -0.3 is 10.2 Å². The van der Waals surface area contributed by atoms with E-state index in [1.54, 1.807) is 0 Å². The van der Waals surface area contributed by atoms with Gasteiger partial charge in [0.25, 0.3) is 0 Å². The fraction of sp³-hybridized carbons (Fsp3) is 0.562. The smallest absolute Gasteiger partial charge is 0.129 e. The first-order valence-electron chi connectivity index (χ1n) is 7.25. The molecule has 0 aliphatic carbocycles. The third kappa shape index (κ3) is 5.43. The van der Waals surface area contributed by atoms with Crippen LogP contribution in [-0.2, 0) is 6.54 Å². The molecule has 0 saturated carbocycles. The van der Waals surface area contributed by atoms with E-state index in [-0.39, 0.29) is 0 Å². The molecule has 3 nitrogen and oxygen atoms in total. The highest BCUT2D eigenvalue weighted by molar-refractivity contribution is 5.43. The molecule has 0 fully saturated rings. The molecule has 1 N–H and O–H groups in total. The predicted octanol–water partition coefficient (Wildman–Crippen LogP) is 3.29. The summed E-state index contributed by atoms with van der Waals surface area (Å²) in [6.07, 6.45) is 4.22. The summed E-state index contributed by atoms with van der Waals surface area (Å²) in [5.41, 5.74) is 2.39. The van der Waals surface area contributed by atoms with E-state index in [1.807, 2.05) is 6.08 Å². The number of hydrogen-bond donors (Lipinski definition) is 1. The summed E-state index contributed by atoms with van der Waals surface area (Å²) in [4.78, 5) is 6.93. The summed E-state index contributed by atoms with van der Waals surface area (Å²) >= 11 is 0. The van der Waals surface area contributed by atoms with Crippen molar-refractivity contribution in [2.75, 3.05) is 24.5 Å². The van der Waals surface area contributed by atoms with E-state index in [9.17, 15) is 0 Å². The fourth-order valence-corrected chi connectivity index (χ4v) is 2.12. The maximum absolute atomic E-state index is 4.65. The molecule has 0 atom stereocenters. The highest BCUT2D eigenvalue weighted by atomic mass is 15.2. The van der Waals surface area contributed by atoms with Gasteiger partial charge in [0.05, 0.1) is 0 Å². The lowest BCUT2D eigenvalue weighted by Crippen LogP contribution is -2.25. The molecule has 0 spiro atoms. The highest BCUT2D eigenvalue weighted by Crippen LogP contribution is 2.15. The summed E-state index contributed by atoms with van der Waals surface area (Å²) in [7, 11) is 0. The van der Waals surface area contributed by atoms with E-state index in [0.29, 0.717) is 0 Å². The first-order chi connectivity index (χ1) is 9.21. The van der Waals surface area contributed by atoms with Gasteiger partial charge in [-0.3, -0.25) is 0 Å². The number of aromatic nitrogens is 1. The minimum Gasteiger partial charge on any atom is -0.353 e. The molecule has 0 aliphatic heterocycles. The molecule has 0 bridgehead atoms. The molecule has 1 aromatic heterocycles. The SMILES string of the molecule is C=CCN(CCC)c1cc(CNCCC)cc(C)n1. The lowest BCUT2D eigenvalue weighted by atomic mass is 10.2. The minimum absolute atomic E-state index is 0.853. The maximum atomic E-state index is 4.65. The van der Waals surface area contributed by atoms with Crippen LogP contribution in [0.2, 0.25) is 0 Å². The van der Waals surface area contributed by atoms with Crippen molar-refractivity contribution in [2.24, 2.45) is 0 Å². The Morgan fingerprint density at radius 2 is 2.11 bits per heavy atom. The van der Waals surface area contributed by atoms with Crippen LogP contribution in [0.5, 0.6) is 0 Å². The van der Waals surface area contributed by atoms with E-state index >= 15 is 0 Å². The molecule has 1 aromatic rings. The first-order valence-corrected chi connectivity index (χ1v) is 7.25. The van der Waals surface area contributed by atoms with Crippen LogP contribution in [0.25, 0.3) is 0 Å². The van der Waals surface area contributed by atoms with Gasteiger partial charge in [-0.25, -0.2) is 4.98 Å². The standard InChI is InChI=1S/C16H27N3/c1-5-8-17-13-15-11-14(4)18-16(12-15)19(9-6-2)10-7-3/h6,11-12,17H,2,5,7-10,13H2,1,3-4H3. The van der Waals surface area contributed by atoms with Gasteiger partial charge in [0.1, 0.15) is 5.82 Å². The van der Waals surface area contributed by atoms with Gasteiger partial charge in [-0.15, -0.1) is 6.58 Å². The number of pyridine rings is 1. The monoisotopic (exact) mass is 261 g/mol. The van der Waals surface area contributed by atoms with Crippen LogP contribution in [0.1, 0.15) is 37.9 Å². The number of hydrogen-bond acceptors (Lipinski definition) is 3. The van der Waals surface area contributed by atoms with Gasteiger partial charge in [0.2, 0.25) is 0 Å². The number of rotatable bonds is 9. The second kappa shape index (κ2) is 8.70. The zero-order valence-corrected chi connectivity index (χ0v) is 12.6. The largest absolute Gasteiger partial charge is 0.353 e. The lowest BCUT2D eigenvalue weighted by molar-refractivity contribution is 0.673. The van der Waals surface area contributed by atoms with Crippen LogP contribution in [0.4, 0.5) is 5.82 Å². The van der Waals surface area contributed by atoms with Gasteiger partial charge in [0, 0.05) is 25.3 Å². The summed E-state index contributed by atoms with van der Waals surface area (Å²) in [6.45, 7) is 14.1. The maximum Gasteiger partial charge on any atom is 0.129 e. The van der Waals surface area contributed by atoms with Crippen molar-refractivity contribution in [3.8, 4) is 0 Å². The zero-order valence-electron chi connectivity index (χ0n) is 12.6. The Bertz CT molecular complexity index is 388. The van der Waals surface area contributed by atoms with E-state index in [1.165, 1.54) is 5.56 Å². The van der Waals surface area contributed by atoms with Crippen molar-refractivity contribution >= 4 is 5.82 Å². The van der Waals surface area contributed by atoms with Gasteiger partial charge in [-0.05, 0) is 44.0 Å². The van der Waals surface area contributed by atoms with E-state index in [4.69, 9.17) is 0 Å². The van der Waals surface area contributed by atoms with Crippen molar-refractivity contribution in [3.05, 3.63) is 36.0 Å².